The van der Waals surface area contributed by atoms with Crippen LogP contribution in [0.4, 0.5) is 17.1 Å². The molecule has 0 aliphatic heterocycles. The van der Waals surface area contributed by atoms with Gasteiger partial charge in [-0.1, -0.05) is 74.5 Å². The van der Waals surface area contributed by atoms with Crippen LogP contribution in [-0.2, 0) is 0 Å². The third-order valence-corrected chi connectivity index (χ3v) is 5.08. The fourth-order valence-corrected chi connectivity index (χ4v) is 3.58. The van der Waals surface area contributed by atoms with Crippen LogP contribution in [0.5, 0.6) is 0 Å². The van der Waals surface area contributed by atoms with Gasteiger partial charge < -0.3 is 16.0 Å². The van der Waals surface area contributed by atoms with Crippen LogP contribution in [0.2, 0.25) is 0 Å². The maximum Gasteiger partial charge on any atom is 0.164 e. The maximum atomic E-state index is 4.97. The van der Waals surface area contributed by atoms with Crippen molar-refractivity contribution >= 4 is 17.1 Å². The second-order valence-corrected chi connectivity index (χ2v) is 6.85. The van der Waals surface area contributed by atoms with Gasteiger partial charge in [0.15, 0.2) is 5.82 Å². The number of hydrogen-bond donors (Lipinski definition) is 3. The zero-order chi connectivity index (χ0) is 22.9. The van der Waals surface area contributed by atoms with E-state index in [1.54, 1.807) is 0 Å². The fourth-order valence-electron chi connectivity index (χ4n) is 3.58. The highest BCUT2D eigenvalue weighted by atomic mass is 15.0. The van der Waals surface area contributed by atoms with Crippen molar-refractivity contribution in [2.75, 3.05) is 37.1 Å². The molecule has 3 aromatic carbocycles. The van der Waals surface area contributed by atoms with Gasteiger partial charge >= 0.3 is 0 Å². The Kier molecular flexibility index (Phi) is 7.81. The summed E-state index contributed by atoms with van der Waals surface area (Å²) in [5.41, 5.74) is 7.72. The number of hydrogen-bond acceptors (Lipinski definition) is 5. The summed E-state index contributed by atoms with van der Waals surface area (Å²) in [5.74, 6) is 0.668. The highest BCUT2D eigenvalue weighted by Gasteiger charge is 2.18. The summed E-state index contributed by atoms with van der Waals surface area (Å²) in [6.07, 6.45) is 0. The van der Waals surface area contributed by atoms with E-state index in [1.807, 2.05) is 89.6 Å². The first-order chi connectivity index (χ1) is 15.7. The number of nitrogens with one attached hydrogen (secondary N) is 3. The normalized spacial score (nSPS) is 10.0. The largest absolute Gasteiger partial charge is 0.387 e. The van der Waals surface area contributed by atoms with E-state index < -0.39 is 0 Å². The molecule has 164 valence electrons. The zero-order valence-electron chi connectivity index (χ0n) is 19.4. The van der Waals surface area contributed by atoms with Gasteiger partial charge in [-0.2, -0.15) is 0 Å². The molecule has 0 atom stereocenters. The highest BCUT2D eigenvalue weighted by Crippen LogP contribution is 2.40. The number of rotatable bonds is 6. The molecule has 3 N–H and O–H groups in total. The predicted molar refractivity (Wildman–Crippen MR) is 138 cm³/mol. The van der Waals surface area contributed by atoms with Crippen LogP contribution >= 0.6 is 0 Å². The van der Waals surface area contributed by atoms with Crippen molar-refractivity contribution in [1.82, 2.24) is 9.97 Å². The Labute approximate surface area is 191 Å². The van der Waals surface area contributed by atoms with Crippen molar-refractivity contribution in [1.29, 1.82) is 0 Å². The molecule has 4 aromatic rings. The molecular weight excluding hydrogens is 394 g/mol. The molecule has 32 heavy (non-hydrogen) atoms. The van der Waals surface area contributed by atoms with E-state index in [1.165, 1.54) is 0 Å². The molecule has 4 rings (SSSR count). The van der Waals surface area contributed by atoms with Crippen molar-refractivity contribution in [3.63, 3.8) is 0 Å². The molecule has 0 aliphatic carbocycles. The van der Waals surface area contributed by atoms with E-state index in [-0.39, 0.29) is 0 Å². The Bertz CT molecular complexity index is 1080. The van der Waals surface area contributed by atoms with Crippen molar-refractivity contribution in [2.45, 2.75) is 13.8 Å². The minimum atomic E-state index is 0.668. The van der Waals surface area contributed by atoms with Crippen LogP contribution < -0.4 is 16.0 Å². The predicted octanol–water partition coefficient (Wildman–Crippen LogP) is 6.63. The lowest BCUT2D eigenvalue weighted by atomic mass is 10.0. The standard InChI is InChI=1S/C25H25N5.C2H6/c1-26-19-14-15-20(27-2)24(28-3)23(19)25-29-21(17-10-6-4-7-11-17)16-22(30-25)18-12-8-5-9-13-18;1-2/h4-16,26-28H,1-3H3;1-2H3. The minimum absolute atomic E-state index is 0.668. The SMILES string of the molecule is CC.CNc1ccc(NC)c(-c2nc(-c3ccccc3)cc(-c3ccccc3)n2)c1NC. The summed E-state index contributed by atoms with van der Waals surface area (Å²) in [5, 5.41) is 9.87. The summed E-state index contributed by atoms with van der Waals surface area (Å²) in [6.45, 7) is 4.00. The molecule has 1 heterocycles. The minimum Gasteiger partial charge on any atom is -0.387 e. The van der Waals surface area contributed by atoms with Gasteiger partial charge in [-0.3, -0.25) is 0 Å². The number of benzene rings is 3. The molecule has 0 aliphatic rings. The van der Waals surface area contributed by atoms with Crippen molar-refractivity contribution in [3.05, 3.63) is 78.9 Å². The second kappa shape index (κ2) is 11.0. The first-order valence-corrected chi connectivity index (χ1v) is 11.0. The van der Waals surface area contributed by atoms with Crippen molar-refractivity contribution < 1.29 is 0 Å². The lowest BCUT2D eigenvalue weighted by molar-refractivity contribution is 1.18. The molecule has 5 nitrogen and oxygen atoms in total. The average Bonchev–Trinajstić information content (AvgIpc) is 2.89. The van der Waals surface area contributed by atoms with Gasteiger partial charge in [0.25, 0.3) is 0 Å². The molecule has 0 amide bonds. The van der Waals surface area contributed by atoms with Crippen LogP contribution in [0.25, 0.3) is 33.9 Å². The summed E-state index contributed by atoms with van der Waals surface area (Å²) in [4.78, 5) is 9.95. The smallest absolute Gasteiger partial charge is 0.164 e. The van der Waals surface area contributed by atoms with Gasteiger partial charge in [-0.05, 0) is 18.2 Å². The van der Waals surface area contributed by atoms with Crippen molar-refractivity contribution in [3.8, 4) is 33.9 Å². The van der Waals surface area contributed by atoms with E-state index in [4.69, 9.17) is 9.97 Å². The van der Waals surface area contributed by atoms with E-state index in [2.05, 4.69) is 40.2 Å². The molecule has 1 aromatic heterocycles. The lowest BCUT2D eigenvalue weighted by Gasteiger charge is -2.18. The quantitative estimate of drug-likeness (QED) is 0.324. The monoisotopic (exact) mass is 425 g/mol. The third-order valence-electron chi connectivity index (χ3n) is 5.08. The number of nitrogens with zero attached hydrogens (tertiary/aromatic N) is 2. The molecule has 0 radical (unpaired) electrons. The van der Waals surface area contributed by atoms with Gasteiger partial charge in [0, 0.05) is 38.0 Å². The first-order valence-electron chi connectivity index (χ1n) is 11.0. The molecule has 0 bridgehead atoms. The van der Waals surface area contributed by atoms with Crippen LogP contribution in [0, 0.1) is 0 Å². The van der Waals surface area contributed by atoms with Crippen LogP contribution in [-0.4, -0.2) is 31.1 Å². The van der Waals surface area contributed by atoms with Crippen LogP contribution in [0.15, 0.2) is 78.9 Å². The maximum absolute atomic E-state index is 4.97. The van der Waals surface area contributed by atoms with Crippen molar-refractivity contribution in [2.24, 2.45) is 0 Å². The van der Waals surface area contributed by atoms with Crippen LogP contribution in [0.3, 0.4) is 0 Å². The van der Waals surface area contributed by atoms with Gasteiger partial charge in [0.05, 0.1) is 28.3 Å². The lowest BCUT2D eigenvalue weighted by Crippen LogP contribution is -2.05. The zero-order valence-corrected chi connectivity index (χ0v) is 19.4. The summed E-state index contributed by atoms with van der Waals surface area (Å²) in [7, 11) is 5.74. The fraction of sp³-hybridized carbons (Fsp3) is 0.185. The second-order valence-electron chi connectivity index (χ2n) is 6.85. The molecular formula is C27H31N5. The number of aromatic nitrogens is 2. The number of anilines is 3. The summed E-state index contributed by atoms with van der Waals surface area (Å²) >= 11 is 0. The molecule has 0 fully saturated rings. The molecule has 0 spiro atoms. The highest BCUT2D eigenvalue weighted by molar-refractivity contribution is 5.93. The first kappa shape index (κ1) is 22.8. The van der Waals surface area contributed by atoms with Gasteiger partial charge in [-0.15, -0.1) is 0 Å². The Morgan fingerprint density at radius 3 is 1.47 bits per heavy atom. The topological polar surface area (TPSA) is 61.9 Å². The van der Waals surface area contributed by atoms with E-state index in [0.717, 1.165) is 45.1 Å². The van der Waals surface area contributed by atoms with E-state index in [0.29, 0.717) is 5.82 Å². The van der Waals surface area contributed by atoms with Crippen LogP contribution in [0.1, 0.15) is 13.8 Å². The van der Waals surface area contributed by atoms with Gasteiger partial charge in [-0.25, -0.2) is 9.97 Å². The summed E-state index contributed by atoms with van der Waals surface area (Å²) < 4.78 is 0. The summed E-state index contributed by atoms with van der Waals surface area (Å²) in [6, 6.07) is 26.6. The Balaban J connectivity index is 0.00000141. The Morgan fingerprint density at radius 2 is 1.03 bits per heavy atom. The Hall–Kier alpha value is -3.86. The Morgan fingerprint density at radius 1 is 0.562 bits per heavy atom. The average molecular weight is 426 g/mol. The van der Waals surface area contributed by atoms with E-state index in [9.17, 15) is 0 Å². The molecule has 5 heteroatoms. The molecule has 0 saturated heterocycles. The molecule has 0 unspecified atom stereocenters. The van der Waals surface area contributed by atoms with Gasteiger partial charge in [0.1, 0.15) is 0 Å². The molecule has 0 saturated carbocycles. The van der Waals surface area contributed by atoms with E-state index >= 15 is 0 Å². The van der Waals surface area contributed by atoms with Gasteiger partial charge in [0.2, 0.25) is 0 Å². The third kappa shape index (κ3) is 4.72.